The van der Waals surface area contributed by atoms with Crippen LogP contribution in [0.5, 0.6) is 0 Å². The van der Waals surface area contributed by atoms with E-state index in [4.69, 9.17) is 10.3 Å². The SMILES string of the molecule is Nc1nnc(CCCNC(=O)c2cc(-c3ccccc3)on2)s1. The highest BCUT2D eigenvalue weighted by Gasteiger charge is 2.13. The third-order valence-electron chi connectivity index (χ3n) is 3.14. The molecular formula is C15H15N5O2S. The molecule has 0 spiro atoms. The van der Waals surface area contributed by atoms with E-state index in [1.54, 1.807) is 6.07 Å². The Morgan fingerprint density at radius 3 is 2.83 bits per heavy atom. The average molecular weight is 329 g/mol. The summed E-state index contributed by atoms with van der Waals surface area (Å²) in [6.07, 6.45) is 1.48. The Labute approximate surface area is 136 Å². The lowest BCUT2D eigenvalue weighted by atomic mass is 10.1. The molecule has 0 aliphatic rings. The van der Waals surface area contributed by atoms with Crippen molar-refractivity contribution in [2.45, 2.75) is 12.8 Å². The van der Waals surface area contributed by atoms with Gasteiger partial charge in [0.25, 0.3) is 5.91 Å². The maximum absolute atomic E-state index is 12.0. The van der Waals surface area contributed by atoms with E-state index in [1.165, 1.54) is 11.3 Å². The lowest BCUT2D eigenvalue weighted by molar-refractivity contribution is 0.0944. The van der Waals surface area contributed by atoms with Gasteiger partial charge < -0.3 is 15.6 Å². The number of amides is 1. The molecule has 0 atom stereocenters. The monoisotopic (exact) mass is 329 g/mol. The number of carbonyl (C=O) groups excluding carboxylic acids is 1. The van der Waals surface area contributed by atoms with Gasteiger partial charge in [-0.2, -0.15) is 0 Å². The molecule has 118 valence electrons. The van der Waals surface area contributed by atoms with E-state index < -0.39 is 0 Å². The molecule has 0 unspecified atom stereocenters. The number of nitrogens with zero attached hydrogens (tertiary/aromatic N) is 3. The summed E-state index contributed by atoms with van der Waals surface area (Å²) < 4.78 is 5.21. The number of aryl methyl sites for hydroxylation is 1. The van der Waals surface area contributed by atoms with Gasteiger partial charge in [0.15, 0.2) is 11.5 Å². The molecule has 0 aliphatic carbocycles. The molecule has 7 nitrogen and oxygen atoms in total. The fourth-order valence-electron chi connectivity index (χ4n) is 2.02. The Balaban J connectivity index is 1.50. The summed E-state index contributed by atoms with van der Waals surface area (Å²) in [5, 5.41) is 15.6. The average Bonchev–Trinajstić information content (AvgIpc) is 3.21. The number of hydrogen-bond acceptors (Lipinski definition) is 7. The summed E-state index contributed by atoms with van der Waals surface area (Å²) in [6.45, 7) is 0.520. The Morgan fingerprint density at radius 1 is 1.26 bits per heavy atom. The number of nitrogens with two attached hydrogens (primary N) is 1. The van der Waals surface area contributed by atoms with E-state index in [-0.39, 0.29) is 11.6 Å². The molecule has 2 heterocycles. The zero-order valence-corrected chi connectivity index (χ0v) is 13.0. The zero-order valence-electron chi connectivity index (χ0n) is 12.2. The van der Waals surface area contributed by atoms with Crippen molar-refractivity contribution in [2.24, 2.45) is 0 Å². The topological polar surface area (TPSA) is 107 Å². The normalized spacial score (nSPS) is 10.6. The fraction of sp³-hybridized carbons (Fsp3) is 0.200. The largest absolute Gasteiger partial charge is 0.374 e. The first-order valence-corrected chi connectivity index (χ1v) is 7.92. The van der Waals surface area contributed by atoms with Crippen LogP contribution in [0.1, 0.15) is 21.9 Å². The number of benzene rings is 1. The second-order valence-electron chi connectivity index (χ2n) is 4.84. The Bertz CT molecular complexity index is 784. The summed E-state index contributed by atoms with van der Waals surface area (Å²) in [5.74, 6) is 0.313. The molecule has 0 bridgehead atoms. The van der Waals surface area contributed by atoms with Crippen LogP contribution in [0, 0.1) is 0 Å². The summed E-state index contributed by atoms with van der Waals surface area (Å²) in [4.78, 5) is 12.0. The van der Waals surface area contributed by atoms with Crippen LogP contribution in [0.4, 0.5) is 5.13 Å². The molecule has 0 fully saturated rings. The lowest BCUT2D eigenvalue weighted by Crippen LogP contribution is -2.25. The van der Waals surface area contributed by atoms with Crippen molar-refractivity contribution in [1.29, 1.82) is 0 Å². The number of hydrogen-bond donors (Lipinski definition) is 2. The van der Waals surface area contributed by atoms with E-state index in [2.05, 4.69) is 20.7 Å². The summed E-state index contributed by atoms with van der Waals surface area (Å²) in [5.41, 5.74) is 6.66. The Morgan fingerprint density at radius 2 is 2.09 bits per heavy atom. The van der Waals surface area contributed by atoms with E-state index in [0.29, 0.717) is 17.4 Å². The molecular weight excluding hydrogens is 314 g/mol. The number of anilines is 1. The zero-order chi connectivity index (χ0) is 16.1. The molecule has 3 aromatic rings. The molecule has 0 saturated carbocycles. The van der Waals surface area contributed by atoms with Crippen LogP contribution in [-0.2, 0) is 6.42 Å². The highest BCUT2D eigenvalue weighted by Crippen LogP contribution is 2.19. The molecule has 23 heavy (non-hydrogen) atoms. The minimum atomic E-state index is -0.257. The number of rotatable bonds is 6. The standard InChI is InChI=1S/C15H15N5O2S/c16-15-19-18-13(23-15)7-4-8-17-14(21)11-9-12(22-20-11)10-5-2-1-3-6-10/h1-3,5-6,9H,4,7-8H2,(H2,16,19)(H,17,21). The molecule has 0 aliphatic heterocycles. The predicted molar refractivity (Wildman–Crippen MR) is 86.9 cm³/mol. The number of carbonyl (C=O) groups is 1. The van der Waals surface area contributed by atoms with Gasteiger partial charge in [0, 0.05) is 24.6 Å². The summed E-state index contributed by atoms with van der Waals surface area (Å²) >= 11 is 1.36. The third-order valence-corrected chi connectivity index (χ3v) is 3.95. The van der Waals surface area contributed by atoms with Crippen molar-refractivity contribution in [1.82, 2.24) is 20.7 Å². The molecule has 0 saturated heterocycles. The van der Waals surface area contributed by atoms with Crippen LogP contribution in [-0.4, -0.2) is 27.8 Å². The van der Waals surface area contributed by atoms with Gasteiger partial charge in [0.05, 0.1) is 0 Å². The van der Waals surface area contributed by atoms with Gasteiger partial charge in [-0.25, -0.2) is 0 Å². The van der Waals surface area contributed by atoms with Crippen LogP contribution in [0.15, 0.2) is 40.9 Å². The van der Waals surface area contributed by atoms with Crippen molar-refractivity contribution in [3.05, 3.63) is 47.1 Å². The van der Waals surface area contributed by atoms with Crippen LogP contribution in [0.25, 0.3) is 11.3 Å². The Hall–Kier alpha value is -2.74. The van der Waals surface area contributed by atoms with E-state index in [1.807, 2.05) is 30.3 Å². The summed E-state index contributed by atoms with van der Waals surface area (Å²) in [6, 6.07) is 11.1. The van der Waals surface area contributed by atoms with Crippen LogP contribution in [0.2, 0.25) is 0 Å². The van der Waals surface area contributed by atoms with Gasteiger partial charge in [-0.1, -0.05) is 46.8 Å². The fourth-order valence-corrected chi connectivity index (χ4v) is 2.67. The molecule has 1 amide bonds. The first-order valence-electron chi connectivity index (χ1n) is 7.10. The second kappa shape index (κ2) is 7.01. The smallest absolute Gasteiger partial charge is 0.273 e. The van der Waals surface area contributed by atoms with Crippen LogP contribution in [0.3, 0.4) is 0 Å². The first kappa shape index (κ1) is 15.2. The van der Waals surface area contributed by atoms with Crippen molar-refractivity contribution in [3.8, 4) is 11.3 Å². The maximum Gasteiger partial charge on any atom is 0.273 e. The molecule has 2 aromatic heterocycles. The Kier molecular flexibility index (Phi) is 4.62. The second-order valence-corrected chi connectivity index (χ2v) is 5.93. The van der Waals surface area contributed by atoms with Gasteiger partial charge in [-0.3, -0.25) is 4.79 Å². The number of aromatic nitrogens is 3. The third kappa shape index (κ3) is 3.92. The minimum Gasteiger partial charge on any atom is -0.374 e. The van der Waals surface area contributed by atoms with Crippen LogP contribution < -0.4 is 11.1 Å². The van der Waals surface area contributed by atoms with Gasteiger partial charge in [-0.05, 0) is 6.42 Å². The van der Waals surface area contributed by atoms with E-state index in [0.717, 1.165) is 23.4 Å². The van der Waals surface area contributed by atoms with Crippen molar-refractivity contribution >= 4 is 22.4 Å². The number of nitrogen functional groups attached to an aromatic ring is 1. The number of nitrogens with one attached hydrogen (secondary N) is 1. The van der Waals surface area contributed by atoms with Gasteiger partial charge in [0.1, 0.15) is 5.01 Å². The predicted octanol–water partition coefficient (Wildman–Crippen LogP) is 2.14. The molecule has 1 aromatic carbocycles. The van der Waals surface area contributed by atoms with Gasteiger partial charge >= 0.3 is 0 Å². The van der Waals surface area contributed by atoms with E-state index in [9.17, 15) is 4.79 Å². The minimum absolute atomic E-state index is 0.257. The molecule has 3 N–H and O–H groups in total. The highest BCUT2D eigenvalue weighted by atomic mass is 32.1. The quantitative estimate of drug-likeness (QED) is 0.671. The molecule has 8 heteroatoms. The van der Waals surface area contributed by atoms with Crippen LogP contribution >= 0.6 is 11.3 Å². The van der Waals surface area contributed by atoms with E-state index >= 15 is 0 Å². The van der Waals surface area contributed by atoms with Crippen molar-refractivity contribution in [3.63, 3.8) is 0 Å². The van der Waals surface area contributed by atoms with Gasteiger partial charge in [-0.15, -0.1) is 10.2 Å². The molecule has 0 radical (unpaired) electrons. The van der Waals surface area contributed by atoms with Gasteiger partial charge in [0.2, 0.25) is 5.13 Å². The maximum atomic E-state index is 12.0. The first-order chi connectivity index (χ1) is 11.2. The lowest BCUT2D eigenvalue weighted by Gasteiger charge is -2.00. The summed E-state index contributed by atoms with van der Waals surface area (Å²) in [7, 11) is 0. The van der Waals surface area contributed by atoms with Crippen molar-refractivity contribution in [2.75, 3.05) is 12.3 Å². The highest BCUT2D eigenvalue weighted by molar-refractivity contribution is 7.15. The van der Waals surface area contributed by atoms with Crippen molar-refractivity contribution < 1.29 is 9.32 Å². The molecule has 3 rings (SSSR count).